The Morgan fingerprint density at radius 3 is 2.67 bits per heavy atom. The normalized spacial score (nSPS) is 12.7. The molecule has 0 aliphatic rings. The van der Waals surface area contributed by atoms with Crippen LogP contribution >= 0.6 is 43.2 Å². The Morgan fingerprint density at radius 2 is 2.00 bits per heavy atom. The van der Waals surface area contributed by atoms with E-state index in [1.54, 1.807) is 11.3 Å². The van der Waals surface area contributed by atoms with Crippen molar-refractivity contribution in [2.75, 3.05) is 0 Å². The van der Waals surface area contributed by atoms with E-state index in [0.717, 1.165) is 19.4 Å². The SMILES string of the molecule is OC(c1cccs1)c1cc(Br)ccc1Br. The molecule has 1 heterocycles. The predicted molar refractivity (Wildman–Crippen MR) is 70.2 cm³/mol. The van der Waals surface area contributed by atoms with Crippen LogP contribution in [0.25, 0.3) is 0 Å². The zero-order chi connectivity index (χ0) is 10.8. The molecule has 0 aliphatic carbocycles. The van der Waals surface area contributed by atoms with Crippen LogP contribution in [0.15, 0.2) is 44.7 Å². The zero-order valence-electron chi connectivity index (χ0n) is 7.65. The van der Waals surface area contributed by atoms with Crippen molar-refractivity contribution in [1.29, 1.82) is 0 Å². The molecule has 1 atom stereocenters. The second-order valence-corrected chi connectivity index (χ2v) is 5.83. The molecule has 2 aromatic rings. The lowest BCUT2D eigenvalue weighted by molar-refractivity contribution is 0.223. The van der Waals surface area contributed by atoms with E-state index in [2.05, 4.69) is 31.9 Å². The Bertz CT molecular complexity index is 454. The van der Waals surface area contributed by atoms with E-state index in [-0.39, 0.29) is 0 Å². The summed E-state index contributed by atoms with van der Waals surface area (Å²) in [7, 11) is 0. The van der Waals surface area contributed by atoms with E-state index in [9.17, 15) is 5.11 Å². The van der Waals surface area contributed by atoms with E-state index in [0.29, 0.717) is 0 Å². The van der Waals surface area contributed by atoms with Crippen LogP contribution in [0.2, 0.25) is 0 Å². The Kier molecular flexibility index (Phi) is 3.61. The molecule has 1 unspecified atom stereocenters. The van der Waals surface area contributed by atoms with Gasteiger partial charge in [-0.05, 0) is 29.6 Å². The molecule has 1 nitrogen and oxygen atoms in total. The molecule has 0 saturated heterocycles. The molecular weight excluding hydrogens is 340 g/mol. The van der Waals surface area contributed by atoms with Crippen molar-refractivity contribution < 1.29 is 5.11 Å². The van der Waals surface area contributed by atoms with Crippen LogP contribution in [0, 0.1) is 0 Å². The highest BCUT2D eigenvalue weighted by atomic mass is 79.9. The molecule has 0 spiro atoms. The quantitative estimate of drug-likeness (QED) is 0.855. The fourth-order valence-corrected chi connectivity index (χ4v) is 2.89. The van der Waals surface area contributed by atoms with Crippen LogP contribution in [0.3, 0.4) is 0 Å². The predicted octanol–water partition coefficient (Wildman–Crippen LogP) is 4.35. The number of halogens is 2. The summed E-state index contributed by atoms with van der Waals surface area (Å²) >= 11 is 8.39. The summed E-state index contributed by atoms with van der Waals surface area (Å²) in [6.45, 7) is 0. The van der Waals surface area contributed by atoms with E-state index < -0.39 is 6.10 Å². The van der Waals surface area contributed by atoms with Crippen LogP contribution in [-0.4, -0.2) is 5.11 Å². The topological polar surface area (TPSA) is 20.2 Å². The van der Waals surface area contributed by atoms with Crippen molar-refractivity contribution in [3.63, 3.8) is 0 Å². The van der Waals surface area contributed by atoms with E-state index in [1.165, 1.54) is 0 Å². The maximum atomic E-state index is 10.1. The van der Waals surface area contributed by atoms with Crippen LogP contribution in [-0.2, 0) is 0 Å². The number of benzene rings is 1. The van der Waals surface area contributed by atoms with E-state index in [1.807, 2.05) is 35.7 Å². The summed E-state index contributed by atoms with van der Waals surface area (Å²) in [4.78, 5) is 0.953. The third-order valence-electron chi connectivity index (χ3n) is 2.07. The van der Waals surface area contributed by atoms with Crippen molar-refractivity contribution >= 4 is 43.2 Å². The molecule has 78 valence electrons. The summed E-state index contributed by atoms with van der Waals surface area (Å²) in [5.74, 6) is 0. The molecule has 1 N–H and O–H groups in total. The molecule has 0 radical (unpaired) electrons. The number of hydrogen-bond donors (Lipinski definition) is 1. The summed E-state index contributed by atoms with van der Waals surface area (Å²) < 4.78 is 1.89. The number of aliphatic hydroxyl groups excluding tert-OH is 1. The Labute approximate surface area is 109 Å². The van der Waals surface area contributed by atoms with Gasteiger partial charge in [0, 0.05) is 19.4 Å². The average molecular weight is 348 g/mol. The molecule has 0 saturated carbocycles. The van der Waals surface area contributed by atoms with Crippen molar-refractivity contribution in [1.82, 2.24) is 0 Å². The van der Waals surface area contributed by atoms with Gasteiger partial charge in [-0.1, -0.05) is 37.9 Å². The molecule has 0 fully saturated rings. The van der Waals surface area contributed by atoms with Gasteiger partial charge in [-0.2, -0.15) is 0 Å². The van der Waals surface area contributed by atoms with Crippen molar-refractivity contribution in [3.8, 4) is 0 Å². The first kappa shape index (κ1) is 11.3. The van der Waals surface area contributed by atoms with Crippen LogP contribution < -0.4 is 0 Å². The van der Waals surface area contributed by atoms with Crippen LogP contribution in [0.5, 0.6) is 0 Å². The third kappa shape index (κ3) is 2.50. The minimum atomic E-state index is -0.558. The summed E-state index contributed by atoms with van der Waals surface area (Å²) in [6.07, 6.45) is -0.558. The van der Waals surface area contributed by atoms with Gasteiger partial charge in [-0.25, -0.2) is 0 Å². The molecule has 0 aliphatic heterocycles. The fraction of sp³-hybridized carbons (Fsp3) is 0.0909. The van der Waals surface area contributed by atoms with Gasteiger partial charge in [0.25, 0.3) is 0 Å². The monoisotopic (exact) mass is 346 g/mol. The van der Waals surface area contributed by atoms with Gasteiger partial charge < -0.3 is 5.11 Å². The Morgan fingerprint density at radius 1 is 1.20 bits per heavy atom. The molecule has 0 bridgehead atoms. The second kappa shape index (κ2) is 4.78. The highest BCUT2D eigenvalue weighted by molar-refractivity contribution is 9.11. The van der Waals surface area contributed by atoms with Gasteiger partial charge >= 0.3 is 0 Å². The summed E-state index contributed by atoms with van der Waals surface area (Å²) in [5.41, 5.74) is 0.881. The molecule has 15 heavy (non-hydrogen) atoms. The van der Waals surface area contributed by atoms with Crippen LogP contribution in [0.4, 0.5) is 0 Å². The maximum Gasteiger partial charge on any atom is 0.114 e. The first-order valence-electron chi connectivity index (χ1n) is 4.35. The molecule has 4 heteroatoms. The van der Waals surface area contributed by atoms with Gasteiger partial charge in [-0.3, -0.25) is 0 Å². The number of aliphatic hydroxyl groups is 1. The average Bonchev–Trinajstić information content (AvgIpc) is 2.74. The van der Waals surface area contributed by atoms with Crippen molar-refractivity contribution in [2.24, 2.45) is 0 Å². The van der Waals surface area contributed by atoms with Crippen molar-refractivity contribution in [2.45, 2.75) is 6.10 Å². The molecule has 0 amide bonds. The third-order valence-corrected chi connectivity index (χ3v) is 4.21. The fourth-order valence-electron chi connectivity index (χ4n) is 1.32. The van der Waals surface area contributed by atoms with E-state index in [4.69, 9.17) is 0 Å². The minimum Gasteiger partial charge on any atom is -0.383 e. The van der Waals surface area contributed by atoms with Gasteiger partial charge in [0.05, 0.1) is 0 Å². The minimum absolute atomic E-state index is 0.558. The highest BCUT2D eigenvalue weighted by Crippen LogP contribution is 2.32. The van der Waals surface area contributed by atoms with Gasteiger partial charge in [0.15, 0.2) is 0 Å². The van der Waals surface area contributed by atoms with Gasteiger partial charge in [0.1, 0.15) is 6.10 Å². The lowest BCUT2D eigenvalue weighted by Crippen LogP contribution is -1.98. The Hall–Kier alpha value is -0.160. The molecule has 1 aromatic carbocycles. The van der Waals surface area contributed by atoms with Crippen LogP contribution in [0.1, 0.15) is 16.5 Å². The standard InChI is InChI=1S/C11H8Br2OS/c12-7-3-4-9(13)8(6-7)11(14)10-2-1-5-15-10/h1-6,11,14H. The van der Waals surface area contributed by atoms with Crippen molar-refractivity contribution in [3.05, 3.63) is 55.1 Å². The van der Waals surface area contributed by atoms with Gasteiger partial charge in [0.2, 0.25) is 0 Å². The molecule has 1 aromatic heterocycles. The maximum absolute atomic E-state index is 10.1. The lowest BCUT2D eigenvalue weighted by Gasteiger charge is -2.11. The Balaban J connectivity index is 2.41. The number of thiophene rings is 1. The molecule has 2 rings (SSSR count). The van der Waals surface area contributed by atoms with Gasteiger partial charge in [-0.15, -0.1) is 11.3 Å². The highest BCUT2D eigenvalue weighted by Gasteiger charge is 2.14. The number of rotatable bonds is 2. The number of hydrogen-bond acceptors (Lipinski definition) is 2. The summed E-state index contributed by atoms with van der Waals surface area (Å²) in [6, 6.07) is 9.66. The first-order chi connectivity index (χ1) is 7.18. The second-order valence-electron chi connectivity index (χ2n) is 3.08. The lowest BCUT2D eigenvalue weighted by atomic mass is 10.1. The smallest absolute Gasteiger partial charge is 0.114 e. The van der Waals surface area contributed by atoms with E-state index >= 15 is 0 Å². The largest absolute Gasteiger partial charge is 0.383 e. The zero-order valence-corrected chi connectivity index (χ0v) is 11.6. The molecular formula is C11H8Br2OS. The summed E-state index contributed by atoms with van der Waals surface area (Å²) in [5, 5.41) is 12.1. The first-order valence-corrected chi connectivity index (χ1v) is 6.81.